The van der Waals surface area contributed by atoms with Gasteiger partial charge in [0.25, 0.3) is 0 Å². The zero-order valence-corrected chi connectivity index (χ0v) is 18.0. The Morgan fingerprint density at radius 2 is 1.56 bits per heavy atom. The number of alkyl carbamates (subject to hydrolysis) is 1. The van der Waals surface area contributed by atoms with Crippen molar-refractivity contribution in [2.75, 3.05) is 19.7 Å². The molecular formula is C25H28N2O5. The van der Waals surface area contributed by atoms with Crippen molar-refractivity contribution in [3.63, 3.8) is 0 Å². The van der Waals surface area contributed by atoms with Crippen LogP contribution >= 0.6 is 0 Å². The predicted molar refractivity (Wildman–Crippen MR) is 119 cm³/mol. The van der Waals surface area contributed by atoms with Gasteiger partial charge >= 0.3 is 12.1 Å². The van der Waals surface area contributed by atoms with Gasteiger partial charge in [0.2, 0.25) is 5.91 Å². The number of nitrogens with zero attached hydrogens (tertiary/aromatic N) is 1. The maximum Gasteiger partial charge on any atom is 0.407 e. The maximum absolute atomic E-state index is 12.9. The third kappa shape index (κ3) is 4.77. The Labute approximate surface area is 187 Å². The topological polar surface area (TPSA) is 95.9 Å². The number of carbonyl (C=O) groups is 3. The van der Waals surface area contributed by atoms with E-state index in [0.717, 1.165) is 41.5 Å². The number of carboxylic acids is 1. The Kier molecular flexibility index (Phi) is 6.73. The van der Waals surface area contributed by atoms with Crippen molar-refractivity contribution in [2.45, 2.75) is 44.1 Å². The molecule has 1 fully saturated rings. The van der Waals surface area contributed by atoms with Crippen molar-refractivity contribution in [3.8, 4) is 11.1 Å². The number of hydrogen-bond acceptors (Lipinski definition) is 4. The Balaban J connectivity index is 1.42. The minimum absolute atomic E-state index is 0.0366. The summed E-state index contributed by atoms with van der Waals surface area (Å²) < 4.78 is 5.55. The lowest BCUT2D eigenvalue weighted by atomic mass is 9.98. The van der Waals surface area contributed by atoms with Gasteiger partial charge in [-0.1, -0.05) is 48.5 Å². The highest BCUT2D eigenvalue weighted by molar-refractivity contribution is 5.86. The lowest BCUT2D eigenvalue weighted by Gasteiger charge is -2.30. The van der Waals surface area contributed by atoms with E-state index in [1.54, 1.807) is 4.90 Å². The van der Waals surface area contributed by atoms with Crippen LogP contribution in [-0.2, 0) is 14.3 Å². The van der Waals surface area contributed by atoms with Crippen molar-refractivity contribution in [2.24, 2.45) is 0 Å². The summed E-state index contributed by atoms with van der Waals surface area (Å²) in [7, 11) is 0. The Bertz CT molecular complexity index is 954. The molecule has 1 aliphatic heterocycles. The first-order valence-electron chi connectivity index (χ1n) is 11.2. The van der Waals surface area contributed by atoms with Gasteiger partial charge in [0.15, 0.2) is 0 Å². The summed E-state index contributed by atoms with van der Waals surface area (Å²) in [5.41, 5.74) is 4.48. The molecule has 0 bridgehead atoms. The molecule has 0 saturated carbocycles. The van der Waals surface area contributed by atoms with Gasteiger partial charge in [-0.2, -0.15) is 0 Å². The van der Waals surface area contributed by atoms with Crippen LogP contribution in [0.3, 0.4) is 0 Å². The molecule has 1 unspecified atom stereocenters. The van der Waals surface area contributed by atoms with Crippen LogP contribution in [0.15, 0.2) is 48.5 Å². The molecule has 2 amide bonds. The fraction of sp³-hybridized carbons (Fsp3) is 0.400. The van der Waals surface area contributed by atoms with E-state index in [1.807, 2.05) is 36.4 Å². The second-order valence-electron chi connectivity index (χ2n) is 8.34. The first kappa shape index (κ1) is 21.9. The van der Waals surface area contributed by atoms with Crippen molar-refractivity contribution in [3.05, 3.63) is 59.7 Å². The van der Waals surface area contributed by atoms with E-state index in [1.165, 1.54) is 0 Å². The molecule has 0 aromatic heterocycles. The van der Waals surface area contributed by atoms with Gasteiger partial charge in [0, 0.05) is 25.4 Å². The molecule has 168 valence electrons. The fourth-order valence-electron chi connectivity index (χ4n) is 4.64. The minimum atomic E-state index is -1.00. The van der Waals surface area contributed by atoms with E-state index in [2.05, 4.69) is 17.4 Å². The number of fused-ring (bicyclic) bond motifs is 3. The van der Waals surface area contributed by atoms with Crippen molar-refractivity contribution in [1.29, 1.82) is 0 Å². The van der Waals surface area contributed by atoms with E-state index in [9.17, 15) is 14.4 Å². The first-order valence-corrected chi connectivity index (χ1v) is 11.2. The summed E-state index contributed by atoms with van der Waals surface area (Å²) >= 11 is 0. The van der Waals surface area contributed by atoms with Crippen LogP contribution in [0.5, 0.6) is 0 Å². The van der Waals surface area contributed by atoms with E-state index in [4.69, 9.17) is 9.84 Å². The van der Waals surface area contributed by atoms with Crippen LogP contribution in [0, 0.1) is 0 Å². The van der Waals surface area contributed by atoms with Crippen molar-refractivity contribution in [1.82, 2.24) is 10.2 Å². The number of hydrogen-bond donors (Lipinski definition) is 2. The highest BCUT2D eigenvalue weighted by Gasteiger charge is 2.31. The van der Waals surface area contributed by atoms with E-state index >= 15 is 0 Å². The third-order valence-electron chi connectivity index (χ3n) is 6.25. The largest absolute Gasteiger partial charge is 0.481 e. The standard InChI is InChI=1S/C25H28N2O5/c28-23(29)13-12-22(24(30)27-14-6-1-7-15-27)26-25(31)32-16-21-19-10-4-2-8-17(19)18-9-3-5-11-20(18)21/h2-5,8-11,21-22H,1,6-7,12-16H2,(H,26,31)(H,28,29). The summed E-state index contributed by atoms with van der Waals surface area (Å²) in [5, 5.41) is 11.7. The quantitative estimate of drug-likeness (QED) is 0.689. The van der Waals surface area contributed by atoms with E-state index < -0.39 is 18.1 Å². The molecule has 4 rings (SSSR count). The normalized spacial score (nSPS) is 16.1. The van der Waals surface area contributed by atoms with E-state index in [0.29, 0.717) is 13.1 Å². The van der Waals surface area contributed by atoms with Gasteiger partial charge < -0.3 is 20.1 Å². The highest BCUT2D eigenvalue weighted by Crippen LogP contribution is 2.44. The van der Waals surface area contributed by atoms with Crippen LogP contribution in [0.25, 0.3) is 11.1 Å². The number of nitrogens with one attached hydrogen (secondary N) is 1. The number of rotatable bonds is 7. The zero-order valence-electron chi connectivity index (χ0n) is 18.0. The molecule has 32 heavy (non-hydrogen) atoms. The molecule has 7 nitrogen and oxygen atoms in total. The molecule has 0 radical (unpaired) electrons. The number of likely N-dealkylation sites (tertiary alicyclic amines) is 1. The second kappa shape index (κ2) is 9.85. The average Bonchev–Trinajstić information content (AvgIpc) is 3.14. The summed E-state index contributed by atoms with van der Waals surface area (Å²) in [6, 6.07) is 15.2. The Morgan fingerprint density at radius 1 is 0.969 bits per heavy atom. The molecule has 2 aromatic carbocycles. The van der Waals surface area contributed by atoms with Gasteiger partial charge in [-0.3, -0.25) is 9.59 Å². The minimum Gasteiger partial charge on any atom is -0.481 e. The molecule has 2 N–H and O–H groups in total. The third-order valence-corrected chi connectivity index (χ3v) is 6.25. The fourth-order valence-corrected chi connectivity index (χ4v) is 4.64. The van der Waals surface area contributed by atoms with Gasteiger partial charge in [0.05, 0.1) is 0 Å². The van der Waals surface area contributed by atoms with Crippen LogP contribution in [0.4, 0.5) is 4.79 Å². The SMILES string of the molecule is O=C(O)CCC(NC(=O)OCC1c2ccccc2-c2ccccc21)C(=O)N1CCCCC1. The summed E-state index contributed by atoms with van der Waals surface area (Å²) in [6.07, 6.45) is 2.05. The van der Waals surface area contributed by atoms with Crippen molar-refractivity contribution >= 4 is 18.0 Å². The Morgan fingerprint density at radius 3 is 2.16 bits per heavy atom. The van der Waals surface area contributed by atoms with Crippen LogP contribution in [0.2, 0.25) is 0 Å². The molecule has 1 saturated heterocycles. The summed E-state index contributed by atoms with van der Waals surface area (Å²) in [4.78, 5) is 38.3. The number of benzene rings is 2. The molecule has 1 atom stereocenters. The van der Waals surface area contributed by atoms with Gasteiger partial charge in [-0.15, -0.1) is 0 Å². The van der Waals surface area contributed by atoms with Gasteiger partial charge in [0.1, 0.15) is 12.6 Å². The number of carboxylic acid groups (broad SMARTS) is 1. The number of piperidine rings is 1. The highest BCUT2D eigenvalue weighted by atomic mass is 16.5. The van der Waals surface area contributed by atoms with Crippen LogP contribution in [0.1, 0.15) is 49.1 Å². The summed E-state index contributed by atoms with van der Waals surface area (Å²) in [5.74, 6) is -1.32. The number of aliphatic carboxylic acids is 1. The average molecular weight is 437 g/mol. The smallest absolute Gasteiger partial charge is 0.407 e. The molecule has 1 heterocycles. The van der Waals surface area contributed by atoms with Crippen molar-refractivity contribution < 1.29 is 24.2 Å². The van der Waals surface area contributed by atoms with Crippen LogP contribution in [-0.4, -0.2) is 53.7 Å². The maximum atomic E-state index is 12.9. The predicted octanol–water partition coefficient (Wildman–Crippen LogP) is 3.77. The van der Waals surface area contributed by atoms with Gasteiger partial charge in [-0.05, 0) is 47.9 Å². The molecule has 7 heteroatoms. The number of amides is 2. The zero-order chi connectivity index (χ0) is 22.5. The second-order valence-corrected chi connectivity index (χ2v) is 8.34. The van der Waals surface area contributed by atoms with E-state index in [-0.39, 0.29) is 31.3 Å². The van der Waals surface area contributed by atoms with Crippen LogP contribution < -0.4 is 5.32 Å². The molecule has 0 spiro atoms. The lowest BCUT2D eigenvalue weighted by molar-refractivity contribution is -0.138. The molecule has 2 aromatic rings. The Hall–Kier alpha value is -3.35. The lowest BCUT2D eigenvalue weighted by Crippen LogP contribution is -2.50. The molecule has 2 aliphatic rings. The first-order chi connectivity index (χ1) is 15.5. The molecular weight excluding hydrogens is 408 g/mol. The number of carbonyl (C=O) groups excluding carboxylic acids is 2. The summed E-state index contributed by atoms with van der Waals surface area (Å²) in [6.45, 7) is 1.41. The number of ether oxygens (including phenoxy) is 1. The molecule has 1 aliphatic carbocycles. The monoisotopic (exact) mass is 436 g/mol. The van der Waals surface area contributed by atoms with Gasteiger partial charge in [-0.25, -0.2) is 4.79 Å².